The molecular weight excluding hydrogens is 327 g/mol. The Morgan fingerprint density at radius 3 is 2.65 bits per heavy atom. The minimum atomic E-state index is -1.17. The molecule has 2 aromatic rings. The number of hydrogen-bond donors (Lipinski definition) is 1. The molecule has 23 heavy (non-hydrogen) atoms. The van der Waals surface area contributed by atoms with Gasteiger partial charge in [-0.1, -0.05) is 0 Å². The SMILES string of the molecule is Cn1c(CC(N)=O)c2n(c1=S)C[C@@H](c1c(F)ccc(F)c1F)C2. The van der Waals surface area contributed by atoms with E-state index in [0.717, 1.165) is 12.1 Å². The van der Waals surface area contributed by atoms with Gasteiger partial charge in [-0.2, -0.15) is 0 Å². The van der Waals surface area contributed by atoms with Crippen molar-refractivity contribution in [3.05, 3.63) is 51.3 Å². The van der Waals surface area contributed by atoms with Gasteiger partial charge in [0.2, 0.25) is 5.91 Å². The molecule has 0 bridgehead atoms. The Kier molecular flexibility index (Phi) is 3.79. The minimum absolute atomic E-state index is 0.0106. The summed E-state index contributed by atoms with van der Waals surface area (Å²) in [7, 11) is 1.71. The third-order valence-corrected chi connectivity index (χ3v) is 4.75. The second-order valence-electron chi connectivity index (χ2n) is 5.65. The predicted octanol–water partition coefficient (Wildman–Crippen LogP) is 2.34. The highest BCUT2D eigenvalue weighted by atomic mass is 32.1. The van der Waals surface area contributed by atoms with Crippen LogP contribution in [0.2, 0.25) is 0 Å². The van der Waals surface area contributed by atoms with E-state index in [1.165, 1.54) is 0 Å². The second kappa shape index (κ2) is 5.52. The van der Waals surface area contributed by atoms with Gasteiger partial charge in [-0.05, 0) is 30.8 Å². The van der Waals surface area contributed by atoms with Crippen molar-refractivity contribution < 1.29 is 18.0 Å². The number of carbonyl (C=O) groups excluding carboxylic acids is 1. The van der Waals surface area contributed by atoms with Gasteiger partial charge in [0.1, 0.15) is 5.82 Å². The van der Waals surface area contributed by atoms with E-state index >= 15 is 0 Å². The van der Waals surface area contributed by atoms with Crippen molar-refractivity contribution in [2.75, 3.05) is 0 Å². The topological polar surface area (TPSA) is 52.9 Å². The van der Waals surface area contributed by atoms with E-state index in [4.69, 9.17) is 18.0 Å². The molecule has 0 aliphatic carbocycles. The summed E-state index contributed by atoms with van der Waals surface area (Å²) < 4.78 is 45.2. The lowest BCUT2D eigenvalue weighted by molar-refractivity contribution is -0.117. The van der Waals surface area contributed by atoms with Gasteiger partial charge in [0.25, 0.3) is 0 Å². The molecule has 122 valence electrons. The number of nitrogens with two attached hydrogens (primary N) is 1. The van der Waals surface area contributed by atoms with Crippen molar-refractivity contribution in [2.45, 2.75) is 25.3 Å². The minimum Gasteiger partial charge on any atom is -0.369 e. The van der Waals surface area contributed by atoms with Crippen molar-refractivity contribution in [1.82, 2.24) is 9.13 Å². The maximum absolute atomic E-state index is 14.0. The van der Waals surface area contributed by atoms with Crippen LogP contribution in [0, 0.1) is 22.2 Å². The molecule has 1 aliphatic heterocycles. The maximum Gasteiger partial charge on any atom is 0.223 e. The van der Waals surface area contributed by atoms with Crippen molar-refractivity contribution >= 4 is 18.1 Å². The highest BCUT2D eigenvalue weighted by Crippen LogP contribution is 2.35. The molecule has 0 radical (unpaired) electrons. The average Bonchev–Trinajstić information content (AvgIpc) is 2.99. The zero-order chi connectivity index (χ0) is 16.9. The Morgan fingerprint density at radius 1 is 1.35 bits per heavy atom. The largest absolute Gasteiger partial charge is 0.369 e. The van der Waals surface area contributed by atoms with Crippen LogP contribution in [0.1, 0.15) is 22.9 Å². The Bertz CT molecular complexity index is 872. The summed E-state index contributed by atoms with van der Waals surface area (Å²) in [6.07, 6.45) is 0.258. The van der Waals surface area contributed by atoms with Crippen LogP contribution in [-0.4, -0.2) is 15.0 Å². The molecule has 1 aliphatic rings. The van der Waals surface area contributed by atoms with Gasteiger partial charge >= 0.3 is 0 Å². The van der Waals surface area contributed by atoms with E-state index in [1.807, 2.05) is 0 Å². The molecule has 0 saturated heterocycles. The summed E-state index contributed by atoms with van der Waals surface area (Å²) in [5, 5.41) is 0. The number of hydrogen-bond acceptors (Lipinski definition) is 2. The molecule has 0 spiro atoms. The monoisotopic (exact) mass is 341 g/mol. The van der Waals surface area contributed by atoms with E-state index in [2.05, 4.69) is 0 Å². The summed E-state index contributed by atoms with van der Waals surface area (Å²) in [5.41, 5.74) is 6.30. The number of amides is 1. The number of nitrogens with zero attached hydrogens (tertiary/aromatic N) is 2. The Morgan fingerprint density at radius 2 is 2.00 bits per heavy atom. The molecule has 0 fully saturated rings. The predicted molar refractivity (Wildman–Crippen MR) is 79.9 cm³/mol. The third kappa shape index (κ3) is 2.46. The Balaban J connectivity index is 2.05. The summed E-state index contributed by atoms with van der Waals surface area (Å²) in [4.78, 5) is 11.2. The van der Waals surface area contributed by atoms with E-state index in [-0.39, 0.29) is 24.9 Å². The van der Waals surface area contributed by atoms with Gasteiger partial charge in [-0.3, -0.25) is 4.79 Å². The number of primary amides is 1. The van der Waals surface area contributed by atoms with Gasteiger partial charge in [0.15, 0.2) is 16.4 Å². The highest BCUT2D eigenvalue weighted by Gasteiger charge is 2.32. The number of rotatable bonds is 3. The molecule has 8 heteroatoms. The van der Waals surface area contributed by atoms with Crippen LogP contribution < -0.4 is 5.73 Å². The molecule has 1 aromatic heterocycles. The maximum atomic E-state index is 14.0. The van der Waals surface area contributed by atoms with Crippen molar-refractivity contribution in [2.24, 2.45) is 12.8 Å². The van der Waals surface area contributed by atoms with Crippen molar-refractivity contribution in [1.29, 1.82) is 0 Å². The van der Waals surface area contributed by atoms with Crippen molar-refractivity contribution in [3.8, 4) is 0 Å². The first-order valence-corrected chi connectivity index (χ1v) is 7.41. The lowest BCUT2D eigenvalue weighted by Crippen LogP contribution is -2.17. The zero-order valence-electron chi connectivity index (χ0n) is 12.3. The highest BCUT2D eigenvalue weighted by molar-refractivity contribution is 7.71. The number of aromatic nitrogens is 2. The van der Waals surface area contributed by atoms with Crippen LogP contribution in [0.15, 0.2) is 12.1 Å². The number of imidazole rings is 1. The lowest BCUT2D eigenvalue weighted by atomic mass is 9.95. The molecule has 1 atom stereocenters. The van der Waals surface area contributed by atoms with Crippen LogP contribution in [-0.2, 0) is 31.2 Å². The van der Waals surface area contributed by atoms with E-state index in [1.54, 1.807) is 16.2 Å². The molecule has 0 saturated carbocycles. The fourth-order valence-corrected chi connectivity index (χ4v) is 3.49. The average molecular weight is 341 g/mol. The first kappa shape index (κ1) is 15.8. The van der Waals surface area contributed by atoms with Crippen LogP contribution in [0.3, 0.4) is 0 Å². The van der Waals surface area contributed by atoms with Gasteiger partial charge in [-0.25, -0.2) is 13.2 Å². The summed E-state index contributed by atoms with van der Waals surface area (Å²) >= 11 is 5.30. The summed E-state index contributed by atoms with van der Waals surface area (Å²) in [5.74, 6) is -4.14. The standard InChI is InChI=1S/C15H14F3N3OS/c1-20-10(5-12(19)22)11-4-7(6-21(11)15(20)23)13-8(16)2-3-9(17)14(13)18/h2-3,7H,4-6H2,1H3,(H2,19,22)/t7-/m0/s1. The van der Waals surface area contributed by atoms with Crippen LogP contribution >= 0.6 is 12.2 Å². The molecule has 4 nitrogen and oxygen atoms in total. The lowest BCUT2D eigenvalue weighted by Gasteiger charge is -2.13. The second-order valence-corrected chi connectivity index (χ2v) is 6.01. The fraction of sp³-hybridized carbons (Fsp3) is 0.333. The Hall–Kier alpha value is -2.09. The first-order valence-electron chi connectivity index (χ1n) is 7.00. The van der Waals surface area contributed by atoms with E-state index in [0.29, 0.717) is 16.2 Å². The number of benzene rings is 1. The third-order valence-electron chi connectivity index (χ3n) is 4.25. The van der Waals surface area contributed by atoms with Gasteiger partial charge in [0.05, 0.1) is 6.42 Å². The summed E-state index contributed by atoms with van der Waals surface area (Å²) in [6.45, 7) is 0.234. The summed E-state index contributed by atoms with van der Waals surface area (Å²) in [6, 6.07) is 1.68. The molecule has 2 N–H and O–H groups in total. The van der Waals surface area contributed by atoms with Gasteiger partial charge in [-0.15, -0.1) is 0 Å². The van der Waals surface area contributed by atoms with E-state index in [9.17, 15) is 18.0 Å². The number of carbonyl (C=O) groups is 1. The quantitative estimate of drug-likeness (QED) is 0.688. The van der Waals surface area contributed by atoms with Crippen LogP contribution in [0.4, 0.5) is 13.2 Å². The smallest absolute Gasteiger partial charge is 0.223 e. The molecule has 0 unspecified atom stereocenters. The fourth-order valence-electron chi connectivity index (χ4n) is 3.19. The van der Waals surface area contributed by atoms with E-state index < -0.39 is 29.3 Å². The molecular formula is C15H14F3N3OS. The van der Waals surface area contributed by atoms with Gasteiger partial charge < -0.3 is 14.9 Å². The molecule has 1 aromatic carbocycles. The normalized spacial score (nSPS) is 16.6. The molecule has 2 heterocycles. The molecule has 3 rings (SSSR count). The molecule has 1 amide bonds. The van der Waals surface area contributed by atoms with Gasteiger partial charge in [0, 0.05) is 36.5 Å². The zero-order valence-corrected chi connectivity index (χ0v) is 13.1. The van der Waals surface area contributed by atoms with Crippen molar-refractivity contribution in [3.63, 3.8) is 0 Å². The van der Waals surface area contributed by atoms with Crippen LogP contribution in [0.5, 0.6) is 0 Å². The Labute approximate surface area is 135 Å². The van der Waals surface area contributed by atoms with Crippen LogP contribution in [0.25, 0.3) is 0 Å². The first-order chi connectivity index (χ1) is 10.8. The number of fused-ring (bicyclic) bond motifs is 1. The number of halogens is 3.